The Balaban J connectivity index is 1.57. The minimum atomic E-state index is -0.394. The van der Waals surface area contributed by atoms with Crippen molar-refractivity contribution in [2.24, 2.45) is 0 Å². The van der Waals surface area contributed by atoms with E-state index in [2.05, 4.69) is 10.6 Å². The Labute approximate surface area is 149 Å². The quantitative estimate of drug-likeness (QED) is 0.806. The summed E-state index contributed by atoms with van der Waals surface area (Å²) in [6.45, 7) is 0.627. The molecule has 25 heavy (non-hydrogen) atoms. The van der Waals surface area contributed by atoms with Crippen LogP contribution < -0.4 is 10.6 Å². The zero-order valence-electron chi connectivity index (χ0n) is 13.3. The summed E-state index contributed by atoms with van der Waals surface area (Å²) in [5.74, 6) is -0.453. The van der Waals surface area contributed by atoms with Gasteiger partial charge in [0.15, 0.2) is 0 Å². The van der Waals surface area contributed by atoms with E-state index in [0.29, 0.717) is 17.1 Å². The van der Waals surface area contributed by atoms with Gasteiger partial charge in [-0.3, -0.25) is 14.5 Å². The van der Waals surface area contributed by atoms with Crippen LogP contribution in [0.25, 0.3) is 0 Å². The maximum Gasteiger partial charge on any atom is 0.324 e. The van der Waals surface area contributed by atoms with Gasteiger partial charge in [-0.05, 0) is 35.4 Å². The molecule has 2 aromatic carbocycles. The highest BCUT2D eigenvalue weighted by atomic mass is 35.5. The average molecular weight is 358 g/mol. The standard InChI is InChI=1S/C18H16ClN3O3/c19-15-7-3-12(4-8-15)9-20-17(24)14-5-1-13(2-6-14)11-22-16(23)10-21-18(22)25/h1-8H,9-11H2,(H,20,24)(H,21,25). The highest BCUT2D eigenvalue weighted by Gasteiger charge is 2.28. The second kappa shape index (κ2) is 7.36. The van der Waals surface area contributed by atoms with E-state index in [-0.39, 0.29) is 24.9 Å². The van der Waals surface area contributed by atoms with Crippen molar-refractivity contribution in [2.45, 2.75) is 13.1 Å². The number of benzene rings is 2. The molecule has 7 heteroatoms. The van der Waals surface area contributed by atoms with Gasteiger partial charge >= 0.3 is 6.03 Å². The number of amides is 4. The molecular weight excluding hydrogens is 342 g/mol. The van der Waals surface area contributed by atoms with E-state index in [9.17, 15) is 14.4 Å². The van der Waals surface area contributed by atoms with Crippen molar-refractivity contribution >= 4 is 29.4 Å². The smallest absolute Gasteiger partial charge is 0.324 e. The van der Waals surface area contributed by atoms with E-state index in [4.69, 9.17) is 11.6 Å². The second-order valence-corrected chi connectivity index (χ2v) is 6.08. The number of urea groups is 1. The van der Waals surface area contributed by atoms with Crippen molar-refractivity contribution in [3.63, 3.8) is 0 Å². The third kappa shape index (κ3) is 4.16. The Morgan fingerprint density at radius 2 is 1.68 bits per heavy atom. The molecule has 0 bridgehead atoms. The molecule has 0 saturated carbocycles. The number of rotatable bonds is 5. The van der Waals surface area contributed by atoms with Gasteiger partial charge in [0, 0.05) is 17.1 Å². The molecule has 2 N–H and O–H groups in total. The molecule has 3 rings (SSSR count). The van der Waals surface area contributed by atoms with E-state index in [1.165, 1.54) is 0 Å². The lowest BCUT2D eigenvalue weighted by molar-refractivity contribution is -0.125. The monoisotopic (exact) mass is 357 g/mol. The van der Waals surface area contributed by atoms with Gasteiger partial charge in [-0.2, -0.15) is 0 Å². The Bertz CT molecular complexity index is 787. The SMILES string of the molecule is O=C(NCc1ccc(Cl)cc1)c1ccc(CN2C(=O)CNC2=O)cc1. The number of carbonyl (C=O) groups excluding carboxylic acids is 3. The fourth-order valence-electron chi connectivity index (χ4n) is 2.45. The predicted molar refractivity (Wildman–Crippen MR) is 93.0 cm³/mol. The fourth-order valence-corrected chi connectivity index (χ4v) is 2.57. The first kappa shape index (κ1) is 17.0. The van der Waals surface area contributed by atoms with E-state index in [1.807, 2.05) is 12.1 Å². The molecule has 128 valence electrons. The number of nitrogens with one attached hydrogen (secondary N) is 2. The van der Waals surface area contributed by atoms with E-state index < -0.39 is 6.03 Å². The van der Waals surface area contributed by atoms with Crippen LogP contribution in [0.2, 0.25) is 5.02 Å². The van der Waals surface area contributed by atoms with Crippen LogP contribution >= 0.6 is 11.6 Å². The van der Waals surface area contributed by atoms with Gasteiger partial charge in [0.1, 0.15) is 0 Å². The number of hydrogen-bond donors (Lipinski definition) is 2. The van der Waals surface area contributed by atoms with Gasteiger partial charge in [-0.25, -0.2) is 4.79 Å². The number of imide groups is 1. The van der Waals surface area contributed by atoms with Gasteiger partial charge in [-0.15, -0.1) is 0 Å². The summed E-state index contributed by atoms with van der Waals surface area (Å²) in [4.78, 5) is 36.4. The Morgan fingerprint density at radius 1 is 1.04 bits per heavy atom. The van der Waals surface area contributed by atoms with Crippen molar-refractivity contribution in [1.82, 2.24) is 15.5 Å². The lowest BCUT2D eigenvalue weighted by atomic mass is 10.1. The molecule has 6 nitrogen and oxygen atoms in total. The number of nitrogens with zero attached hydrogens (tertiary/aromatic N) is 1. The van der Waals surface area contributed by atoms with Crippen molar-refractivity contribution in [3.8, 4) is 0 Å². The molecule has 1 heterocycles. The zero-order valence-corrected chi connectivity index (χ0v) is 14.0. The molecule has 1 aliphatic heterocycles. The molecule has 1 saturated heterocycles. The third-order valence-corrected chi connectivity index (χ3v) is 4.11. The molecule has 0 spiro atoms. The van der Waals surface area contributed by atoms with E-state index in [1.54, 1.807) is 36.4 Å². The molecule has 0 radical (unpaired) electrons. The van der Waals surface area contributed by atoms with Crippen LogP contribution in [-0.4, -0.2) is 29.3 Å². The minimum absolute atomic E-state index is 0.0318. The van der Waals surface area contributed by atoms with Crippen LogP contribution in [0.5, 0.6) is 0 Å². The highest BCUT2D eigenvalue weighted by molar-refractivity contribution is 6.30. The van der Waals surface area contributed by atoms with Crippen molar-refractivity contribution in [2.75, 3.05) is 6.54 Å². The summed E-state index contributed by atoms with van der Waals surface area (Å²) in [5, 5.41) is 5.95. The highest BCUT2D eigenvalue weighted by Crippen LogP contribution is 2.12. The van der Waals surface area contributed by atoms with Crippen molar-refractivity contribution in [3.05, 3.63) is 70.2 Å². The second-order valence-electron chi connectivity index (χ2n) is 5.64. The van der Waals surface area contributed by atoms with Crippen molar-refractivity contribution in [1.29, 1.82) is 0 Å². The van der Waals surface area contributed by atoms with Crippen LogP contribution in [0.4, 0.5) is 4.79 Å². The zero-order chi connectivity index (χ0) is 17.8. The summed E-state index contributed by atoms with van der Waals surface area (Å²) in [7, 11) is 0. The molecule has 0 unspecified atom stereocenters. The lowest BCUT2D eigenvalue weighted by Crippen LogP contribution is -2.30. The number of hydrogen-bond acceptors (Lipinski definition) is 3. The summed E-state index contributed by atoms with van der Waals surface area (Å²) in [6, 6.07) is 13.7. The average Bonchev–Trinajstić information content (AvgIpc) is 2.93. The van der Waals surface area contributed by atoms with Gasteiger partial charge in [0.05, 0.1) is 13.1 Å². The Hall–Kier alpha value is -2.86. The summed E-state index contributed by atoms with van der Waals surface area (Å²) in [5.41, 5.74) is 2.24. The number of halogens is 1. The van der Waals surface area contributed by atoms with Gasteiger partial charge in [0.2, 0.25) is 5.91 Å². The largest absolute Gasteiger partial charge is 0.348 e. The lowest BCUT2D eigenvalue weighted by Gasteiger charge is -2.12. The minimum Gasteiger partial charge on any atom is -0.348 e. The third-order valence-electron chi connectivity index (χ3n) is 3.86. The van der Waals surface area contributed by atoms with E-state index in [0.717, 1.165) is 16.0 Å². The first-order valence-corrected chi connectivity index (χ1v) is 8.10. The topological polar surface area (TPSA) is 78.5 Å². The van der Waals surface area contributed by atoms with Crippen LogP contribution in [0.3, 0.4) is 0 Å². The van der Waals surface area contributed by atoms with Crippen LogP contribution in [0.1, 0.15) is 21.5 Å². The van der Waals surface area contributed by atoms with Gasteiger partial charge < -0.3 is 10.6 Å². The summed E-state index contributed by atoms with van der Waals surface area (Å²) >= 11 is 5.83. The molecule has 0 aromatic heterocycles. The van der Waals surface area contributed by atoms with Crippen LogP contribution in [0.15, 0.2) is 48.5 Å². The first-order chi connectivity index (χ1) is 12.0. The molecule has 0 atom stereocenters. The molecular formula is C18H16ClN3O3. The van der Waals surface area contributed by atoms with Gasteiger partial charge in [0.25, 0.3) is 5.91 Å². The molecule has 1 aliphatic rings. The summed E-state index contributed by atoms with van der Waals surface area (Å²) in [6.07, 6.45) is 0. The van der Waals surface area contributed by atoms with Crippen molar-refractivity contribution < 1.29 is 14.4 Å². The molecule has 4 amide bonds. The predicted octanol–water partition coefficient (Wildman–Crippen LogP) is 2.32. The Morgan fingerprint density at radius 3 is 2.28 bits per heavy atom. The molecule has 1 fully saturated rings. The summed E-state index contributed by atoms with van der Waals surface area (Å²) < 4.78 is 0. The van der Waals surface area contributed by atoms with Gasteiger partial charge in [-0.1, -0.05) is 35.9 Å². The normalized spacial score (nSPS) is 13.7. The van der Waals surface area contributed by atoms with E-state index >= 15 is 0 Å². The molecule has 0 aliphatic carbocycles. The maximum absolute atomic E-state index is 12.2. The Kier molecular flexibility index (Phi) is 5.00. The molecule has 2 aromatic rings. The maximum atomic E-state index is 12.2. The first-order valence-electron chi connectivity index (χ1n) is 7.73. The van der Waals surface area contributed by atoms with Crippen LogP contribution in [-0.2, 0) is 17.9 Å². The fraction of sp³-hybridized carbons (Fsp3) is 0.167. The number of carbonyl (C=O) groups is 3. The van der Waals surface area contributed by atoms with Crippen LogP contribution in [0, 0.1) is 0 Å².